The summed E-state index contributed by atoms with van der Waals surface area (Å²) in [4.78, 5) is 11.4. The van der Waals surface area contributed by atoms with Crippen LogP contribution in [0, 0.1) is 13.8 Å². The molecule has 2 aromatic rings. The monoisotopic (exact) mass is 239 g/mol. The number of benzene rings is 2. The minimum Gasteiger partial charge on any atom is -0.355 e. The zero-order valence-electron chi connectivity index (χ0n) is 10.9. The molecule has 92 valence electrons. The smallest absolute Gasteiger partial charge is 0.159 e. The molecular weight excluding hydrogens is 222 g/mol. The number of carbonyl (C=O) groups excluding carboxylic acids is 1. The molecule has 0 aliphatic heterocycles. The molecule has 0 bridgehead atoms. The third-order valence-electron chi connectivity index (χ3n) is 3.02. The number of anilines is 2. The van der Waals surface area contributed by atoms with Crippen molar-refractivity contribution in [3.63, 3.8) is 0 Å². The van der Waals surface area contributed by atoms with Crippen LogP contribution >= 0.6 is 0 Å². The highest BCUT2D eigenvalue weighted by molar-refractivity contribution is 5.95. The van der Waals surface area contributed by atoms with Crippen LogP contribution in [-0.4, -0.2) is 5.78 Å². The first kappa shape index (κ1) is 12.4. The second-order valence-corrected chi connectivity index (χ2v) is 4.53. The number of para-hydroxylation sites is 1. The van der Waals surface area contributed by atoms with Crippen LogP contribution in [0.2, 0.25) is 0 Å². The van der Waals surface area contributed by atoms with Crippen molar-refractivity contribution in [1.29, 1.82) is 0 Å². The third-order valence-corrected chi connectivity index (χ3v) is 3.02. The molecule has 2 heteroatoms. The van der Waals surface area contributed by atoms with E-state index >= 15 is 0 Å². The fourth-order valence-corrected chi connectivity index (χ4v) is 1.97. The molecule has 2 nitrogen and oxygen atoms in total. The van der Waals surface area contributed by atoms with Crippen molar-refractivity contribution in [2.45, 2.75) is 20.8 Å². The quantitative estimate of drug-likeness (QED) is 0.811. The molecule has 0 saturated carbocycles. The van der Waals surface area contributed by atoms with E-state index in [0.29, 0.717) is 0 Å². The van der Waals surface area contributed by atoms with Crippen molar-refractivity contribution in [2.75, 3.05) is 5.32 Å². The van der Waals surface area contributed by atoms with Crippen molar-refractivity contribution in [3.8, 4) is 0 Å². The highest BCUT2D eigenvalue weighted by Crippen LogP contribution is 2.24. The van der Waals surface area contributed by atoms with Crippen LogP contribution in [0.15, 0.2) is 42.5 Å². The van der Waals surface area contributed by atoms with E-state index in [1.54, 1.807) is 6.92 Å². The predicted molar refractivity (Wildman–Crippen MR) is 75.6 cm³/mol. The largest absolute Gasteiger partial charge is 0.355 e. The molecule has 0 aromatic heterocycles. The maximum absolute atomic E-state index is 11.4. The van der Waals surface area contributed by atoms with Gasteiger partial charge in [-0.15, -0.1) is 0 Å². The number of Topliss-reactive ketones (excluding diaryl/α,β-unsaturated/α-hetero) is 1. The lowest BCUT2D eigenvalue weighted by atomic mass is 10.1. The Labute approximate surface area is 108 Å². The van der Waals surface area contributed by atoms with Crippen LogP contribution in [0.5, 0.6) is 0 Å². The molecule has 0 aliphatic carbocycles. The van der Waals surface area contributed by atoms with E-state index in [2.05, 4.69) is 31.3 Å². The first-order chi connectivity index (χ1) is 8.58. The number of aryl methyl sites for hydroxylation is 2. The standard InChI is InChI=1S/C16H17NO/c1-11-6-4-7-12(2)16(11)17-15-9-5-8-14(10-15)13(3)18/h4-10,17H,1-3H3. The summed E-state index contributed by atoms with van der Waals surface area (Å²) >= 11 is 0. The van der Waals surface area contributed by atoms with Gasteiger partial charge >= 0.3 is 0 Å². The predicted octanol–water partition coefficient (Wildman–Crippen LogP) is 4.25. The Hall–Kier alpha value is -2.09. The molecule has 2 aromatic carbocycles. The van der Waals surface area contributed by atoms with Crippen LogP contribution in [-0.2, 0) is 0 Å². The van der Waals surface area contributed by atoms with Gasteiger partial charge in [0.1, 0.15) is 0 Å². The number of carbonyl (C=O) groups is 1. The first-order valence-corrected chi connectivity index (χ1v) is 6.02. The van der Waals surface area contributed by atoms with Crippen molar-refractivity contribution in [1.82, 2.24) is 0 Å². The molecule has 1 N–H and O–H groups in total. The van der Waals surface area contributed by atoms with Gasteiger partial charge in [-0.25, -0.2) is 0 Å². The van der Waals surface area contributed by atoms with Crippen molar-refractivity contribution in [2.24, 2.45) is 0 Å². The third kappa shape index (κ3) is 2.59. The highest BCUT2D eigenvalue weighted by Gasteiger charge is 2.04. The Bertz CT molecular complexity index is 567. The van der Waals surface area contributed by atoms with Crippen molar-refractivity contribution >= 4 is 17.2 Å². The summed E-state index contributed by atoms with van der Waals surface area (Å²) in [7, 11) is 0. The van der Waals surface area contributed by atoms with Gasteiger partial charge in [0.2, 0.25) is 0 Å². The lowest BCUT2D eigenvalue weighted by molar-refractivity contribution is 0.101. The average molecular weight is 239 g/mol. The molecule has 0 heterocycles. The molecule has 18 heavy (non-hydrogen) atoms. The van der Waals surface area contributed by atoms with Gasteiger partial charge in [0.25, 0.3) is 0 Å². The summed E-state index contributed by atoms with van der Waals surface area (Å²) in [6.07, 6.45) is 0. The molecule has 0 aliphatic rings. The van der Waals surface area contributed by atoms with Gasteiger partial charge in [-0.1, -0.05) is 30.3 Å². The Balaban J connectivity index is 2.34. The average Bonchev–Trinajstić information content (AvgIpc) is 2.34. The van der Waals surface area contributed by atoms with Crippen LogP contribution < -0.4 is 5.32 Å². The minimum absolute atomic E-state index is 0.0835. The first-order valence-electron chi connectivity index (χ1n) is 6.02. The summed E-state index contributed by atoms with van der Waals surface area (Å²) in [5.74, 6) is 0.0835. The van der Waals surface area contributed by atoms with Crippen LogP contribution in [0.3, 0.4) is 0 Å². The lowest BCUT2D eigenvalue weighted by Gasteiger charge is -2.13. The van der Waals surface area contributed by atoms with Crippen LogP contribution in [0.4, 0.5) is 11.4 Å². The number of nitrogens with one attached hydrogen (secondary N) is 1. The van der Waals surface area contributed by atoms with Gasteiger partial charge in [0.15, 0.2) is 5.78 Å². The molecule has 0 unspecified atom stereocenters. The SMILES string of the molecule is CC(=O)c1cccc(Nc2c(C)cccc2C)c1. The van der Waals surface area contributed by atoms with Crippen LogP contribution in [0.25, 0.3) is 0 Å². The number of hydrogen-bond acceptors (Lipinski definition) is 2. The van der Waals surface area contributed by atoms with Gasteiger partial charge in [-0.3, -0.25) is 4.79 Å². The topological polar surface area (TPSA) is 29.1 Å². The van der Waals surface area contributed by atoms with E-state index < -0.39 is 0 Å². The molecule has 0 radical (unpaired) electrons. The van der Waals surface area contributed by atoms with E-state index in [0.717, 1.165) is 16.9 Å². The Morgan fingerprint density at radius 3 is 2.22 bits per heavy atom. The summed E-state index contributed by atoms with van der Waals surface area (Å²) in [5, 5.41) is 3.38. The normalized spacial score (nSPS) is 10.2. The Kier molecular flexibility index (Phi) is 3.47. The molecule has 2 rings (SSSR count). The Morgan fingerprint density at radius 1 is 1.00 bits per heavy atom. The van der Waals surface area contributed by atoms with Crippen LogP contribution in [0.1, 0.15) is 28.4 Å². The van der Waals surface area contributed by atoms with E-state index in [9.17, 15) is 4.79 Å². The van der Waals surface area contributed by atoms with E-state index in [1.807, 2.05) is 30.3 Å². The molecule has 0 amide bonds. The number of rotatable bonds is 3. The summed E-state index contributed by atoms with van der Waals surface area (Å²) in [5.41, 5.74) is 5.18. The minimum atomic E-state index is 0.0835. The number of hydrogen-bond donors (Lipinski definition) is 1. The van der Waals surface area contributed by atoms with E-state index in [-0.39, 0.29) is 5.78 Å². The molecule has 0 saturated heterocycles. The van der Waals surface area contributed by atoms with E-state index in [4.69, 9.17) is 0 Å². The Morgan fingerprint density at radius 2 is 1.61 bits per heavy atom. The molecule has 0 fully saturated rings. The number of ketones is 1. The maximum Gasteiger partial charge on any atom is 0.159 e. The zero-order valence-corrected chi connectivity index (χ0v) is 10.9. The summed E-state index contributed by atoms with van der Waals surface area (Å²) in [6.45, 7) is 5.73. The van der Waals surface area contributed by atoms with E-state index in [1.165, 1.54) is 11.1 Å². The maximum atomic E-state index is 11.4. The van der Waals surface area contributed by atoms with Gasteiger partial charge in [0.05, 0.1) is 0 Å². The van der Waals surface area contributed by atoms with Gasteiger partial charge in [-0.2, -0.15) is 0 Å². The molecular formula is C16H17NO. The summed E-state index contributed by atoms with van der Waals surface area (Å²) < 4.78 is 0. The highest BCUT2D eigenvalue weighted by atomic mass is 16.1. The molecule has 0 atom stereocenters. The fourth-order valence-electron chi connectivity index (χ4n) is 1.97. The van der Waals surface area contributed by atoms with Crippen molar-refractivity contribution in [3.05, 3.63) is 59.2 Å². The fraction of sp³-hybridized carbons (Fsp3) is 0.188. The van der Waals surface area contributed by atoms with Gasteiger partial charge in [0, 0.05) is 16.9 Å². The lowest BCUT2D eigenvalue weighted by Crippen LogP contribution is -1.98. The van der Waals surface area contributed by atoms with Gasteiger partial charge in [-0.05, 0) is 44.0 Å². The molecule has 0 spiro atoms. The zero-order chi connectivity index (χ0) is 13.1. The summed E-state index contributed by atoms with van der Waals surface area (Å²) in [6, 6.07) is 13.8. The second kappa shape index (κ2) is 5.05. The van der Waals surface area contributed by atoms with Gasteiger partial charge < -0.3 is 5.32 Å². The van der Waals surface area contributed by atoms with Crippen molar-refractivity contribution < 1.29 is 4.79 Å². The second-order valence-electron chi connectivity index (χ2n) is 4.53.